The Balaban J connectivity index is 4.37. The summed E-state index contributed by atoms with van der Waals surface area (Å²) in [6.45, 7) is -2.07. The SMILES string of the molecule is [2H]C(O)[C@@H](O)[C@@H](O)[C@]([2H])(O)C=O. The fourth-order valence-corrected chi connectivity index (χ4v) is 0.326. The van der Waals surface area contributed by atoms with Crippen LogP contribution in [0.3, 0.4) is 0 Å². The molecule has 0 aromatic rings. The van der Waals surface area contributed by atoms with E-state index in [4.69, 9.17) is 23.2 Å². The number of aliphatic hydroxyl groups excluding tert-OH is 3. The quantitative estimate of drug-likeness (QED) is 0.328. The predicted octanol–water partition coefficient (Wildman–Crippen LogP) is -2.74. The van der Waals surface area contributed by atoms with Gasteiger partial charge in [-0.2, -0.15) is 0 Å². The average Bonchev–Trinajstić information content (AvgIpc) is 2.01. The highest BCUT2D eigenvalue weighted by Gasteiger charge is 2.22. The van der Waals surface area contributed by atoms with E-state index in [9.17, 15) is 4.79 Å². The van der Waals surface area contributed by atoms with Crippen LogP contribution in [0.4, 0.5) is 0 Å². The third kappa shape index (κ3) is 2.40. The van der Waals surface area contributed by atoms with E-state index in [1.54, 1.807) is 0 Å². The summed E-state index contributed by atoms with van der Waals surface area (Å²) in [6, 6.07) is 0. The van der Waals surface area contributed by atoms with Crippen molar-refractivity contribution in [3.05, 3.63) is 0 Å². The van der Waals surface area contributed by atoms with Crippen LogP contribution in [0.2, 0.25) is 0 Å². The lowest BCUT2D eigenvalue weighted by atomic mass is 10.1. The second-order valence-corrected chi connectivity index (χ2v) is 1.63. The standard InChI is InChI=1S/C5H10O5/c6-1-3(8)5(10)4(9)2-7/h1,3-5,7-10H,2H2/t3-,4-,5+/m1/s1/i2D,3D/t2?,3-,4-,5+. The molecule has 0 heterocycles. The maximum atomic E-state index is 9.94. The summed E-state index contributed by atoms with van der Waals surface area (Å²) in [5.41, 5.74) is 0. The number of carbonyl (C=O) groups is 1. The van der Waals surface area contributed by atoms with Crippen molar-refractivity contribution in [3.63, 3.8) is 0 Å². The van der Waals surface area contributed by atoms with Crippen LogP contribution in [0.15, 0.2) is 0 Å². The van der Waals surface area contributed by atoms with E-state index in [0.717, 1.165) is 0 Å². The minimum Gasteiger partial charge on any atom is -0.394 e. The van der Waals surface area contributed by atoms with Crippen molar-refractivity contribution < 1.29 is 28.0 Å². The summed E-state index contributed by atoms with van der Waals surface area (Å²) in [4.78, 5) is 9.94. The first kappa shape index (κ1) is 6.23. The Morgan fingerprint density at radius 3 is 2.40 bits per heavy atom. The van der Waals surface area contributed by atoms with Gasteiger partial charge in [0.2, 0.25) is 0 Å². The minimum absolute atomic E-state index is 0.302. The third-order valence-corrected chi connectivity index (χ3v) is 0.900. The van der Waals surface area contributed by atoms with Gasteiger partial charge >= 0.3 is 0 Å². The van der Waals surface area contributed by atoms with Gasteiger partial charge in [-0.3, -0.25) is 0 Å². The molecule has 5 nitrogen and oxygen atoms in total. The lowest BCUT2D eigenvalue weighted by molar-refractivity contribution is -0.127. The Hall–Kier alpha value is -0.490. The van der Waals surface area contributed by atoms with Gasteiger partial charge < -0.3 is 25.2 Å². The van der Waals surface area contributed by atoms with E-state index >= 15 is 0 Å². The molecule has 5 heteroatoms. The first-order valence-electron chi connectivity index (χ1n) is 3.56. The van der Waals surface area contributed by atoms with Crippen molar-refractivity contribution in [2.45, 2.75) is 18.3 Å². The molecule has 1 unspecified atom stereocenters. The summed E-state index contributed by atoms with van der Waals surface area (Å²) >= 11 is 0. The molecular weight excluding hydrogens is 140 g/mol. The van der Waals surface area contributed by atoms with Crippen molar-refractivity contribution in [1.82, 2.24) is 0 Å². The number of hydrogen-bond donors (Lipinski definition) is 4. The van der Waals surface area contributed by atoms with Gasteiger partial charge in [0.05, 0.1) is 9.32 Å². The third-order valence-electron chi connectivity index (χ3n) is 0.900. The van der Waals surface area contributed by atoms with Crippen molar-refractivity contribution in [3.8, 4) is 0 Å². The summed E-state index contributed by atoms with van der Waals surface area (Å²) in [5, 5.41) is 34.7. The van der Waals surface area contributed by atoms with Gasteiger partial charge in [-0.05, 0) is 0 Å². The highest BCUT2D eigenvalue weighted by molar-refractivity contribution is 5.56. The fraction of sp³-hybridized carbons (Fsp3) is 0.800. The molecule has 0 aromatic heterocycles. The zero-order chi connectivity index (χ0) is 9.94. The molecular formula is C5H10O5. The van der Waals surface area contributed by atoms with Crippen LogP contribution in [0, 0.1) is 0 Å². The van der Waals surface area contributed by atoms with Crippen molar-refractivity contribution >= 4 is 6.29 Å². The molecule has 0 radical (unpaired) electrons. The van der Waals surface area contributed by atoms with Crippen LogP contribution < -0.4 is 0 Å². The second-order valence-electron chi connectivity index (χ2n) is 1.63. The summed E-state index contributed by atoms with van der Waals surface area (Å²) in [6.07, 6.45) is -7.47. The first-order valence-corrected chi connectivity index (χ1v) is 2.48. The van der Waals surface area contributed by atoms with Gasteiger partial charge in [0.15, 0.2) is 6.29 Å². The lowest BCUT2D eigenvalue weighted by Crippen LogP contribution is -2.40. The summed E-state index contributed by atoms with van der Waals surface area (Å²) in [7, 11) is 0. The van der Waals surface area contributed by atoms with Gasteiger partial charge in [0.1, 0.15) is 18.3 Å². The summed E-state index contributed by atoms with van der Waals surface area (Å²) in [5.74, 6) is 0. The zero-order valence-corrected chi connectivity index (χ0v) is 5.01. The molecule has 10 heavy (non-hydrogen) atoms. The second kappa shape index (κ2) is 4.35. The largest absolute Gasteiger partial charge is 0.394 e. The zero-order valence-electron chi connectivity index (χ0n) is 7.01. The molecule has 0 aliphatic carbocycles. The Kier molecular flexibility index (Phi) is 2.71. The smallest absolute Gasteiger partial charge is 0.151 e. The Bertz CT molecular complexity index is 160. The molecule has 0 fully saturated rings. The van der Waals surface area contributed by atoms with Crippen LogP contribution in [-0.4, -0.2) is 51.6 Å². The molecule has 0 spiro atoms. The molecule has 0 aliphatic rings. The molecule has 0 saturated carbocycles. The molecule has 0 aromatic carbocycles. The van der Waals surface area contributed by atoms with Crippen LogP contribution in [0.5, 0.6) is 0 Å². The van der Waals surface area contributed by atoms with Crippen molar-refractivity contribution in [2.75, 3.05) is 6.58 Å². The molecule has 60 valence electrons. The minimum atomic E-state index is -2.90. The molecule has 0 amide bonds. The van der Waals surface area contributed by atoms with Crippen LogP contribution in [-0.2, 0) is 4.79 Å². The van der Waals surface area contributed by atoms with E-state index in [-0.39, 0.29) is 6.29 Å². The van der Waals surface area contributed by atoms with Gasteiger partial charge in [-0.1, -0.05) is 0 Å². The molecule has 4 N–H and O–H groups in total. The Labute approximate surface area is 60.3 Å². The lowest BCUT2D eigenvalue weighted by Gasteiger charge is -2.16. The van der Waals surface area contributed by atoms with E-state index in [1.165, 1.54) is 0 Å². The number of hydrogen-bond acceptors (Lipinski definition) is 5. The molecule has 4 atom stereocenters. The fourth-order valence-electron chi connectivity index (χ4n) is 0.326. The normalized spacial score (nSPS) is 28.8. The van der Waals surface area contributed by atoms with Gasteiger partial charge in [0.25, 0.3) is 0 Å². The molecule has 0 rings (SSSR count). The van der Waals surface area contributed by atoms with E-state index < -0.39 is 24.9 Å². The van der Waals surface area contributed by atoms with E-state index in [0.29, 0.717) is 0 Å². The number of carbonyl (C=O) groups excluding carboxylic acids is 1. The highest BCUT2D eigenvalue weighted by Crippen LogP contribution is 1.96. The van der Waals surface area contributed by atoms with Crippen LogP contribution >= 0.6 is 0 Å². The predicted molar refractivity (Wildman–Crippen MR) is 31.2 cm³/mol. The van der Waals surface area contributed by atoms with E-state index in [2.05, 4.69) is 0 Å². The topological polar surface area (TPSA) is 98.0 Å². The van der Waals surface area contributed by atoms with Crippen molar-refractivity contribution in [1.29, 1.82) is 0 Å². The molecule has 0 saturated heterocycles. The van der Waals surface area contributed by atoms with Crippen LogP contribution in [0.1, 0.15) is 2.74 Å². The molecule has 0 bridgehead atoms. The first-order chi connectivity index (χ1) is 5.33. The number of rotatable bonds is 4. The van der Waals surface area contributed by atoms with Gasteiger partial charge in [-0.25, -0.2) is 0 Å². The number of aliphatic hydroxyl groups is 4. The number of aldehydes is 1. The maximum absolute atomic E-state index is 9.94. The molecule has 0 aliphatic heterocycles. The van der Waals surface area contributed by atoms with Crippen molar-refractivity contribution in [2.24, 2.45) is 0 Å². The Morgan fingerprint density at radius 2 is 2.10 bits per heavy atom. The van der Waals surface area contributed by atoms with Crippen LogP contribution in [0.25, 0.3) is 0 Å². The van der Waals surface area contributed by atoms with Gasteiger partial charge in [0, 0.05) is 0 Å². The highest BCUT2D eigenvalue weighted by atomic mass is 16.4. The van der Waals surface area contributed by atoms with Gasteiger partial charge in [-0.15, -0.1) is 0 Å². The van der Waals surface area contributed by atoms with E-state index in [1.807, 2.05) is 0 Å². The monoisotopic (exact) mass is 152 g/mol. The Morgan fingerprint density at radius 1 is 1.60 bits per heavy atom. The average molecular weight is 152 g/mol. The maximum Gasteiger partial charge on any atom is 0.151 e. The summed E-state index contributed by atoms with van der Waals surface area (Å²) < 4.78 is 13.2.